The summed E-state index contributed by atoms with van der Waals surface area (Å²) in [5, 5.41) is 8.76. The highest BCUT2D eigenvalue weighted by Crippen LogP contribution is 2.34. The van der Waals surface area contributed by atoms with Crippen LogP contribution in [0.4, 0.5) is 26.3 Å². The molecule has 0 saturated heterocycles. The average Bonchev–Trinajstić information content (AvgIpc) is 2.44. The van der Waals surface area contributed by atoms with Crippen molar-refractivity contribution in [3.05, 3.63) is 58.7 Å². The van der Waals surface area contributed by atoms with Crippen LogP contribution in [0.15, 0.2) is 18.2 Å². The predicted octanol–water partition coefficient (Wildman–Crippen LogP) is 4.06. The van der Waals surface area contributed by atoms with Crippen molar-refractivity contribution in [2.45, 2.75) is 0 Å². The highest BCUT2D eigenvalue weighted by atomic mass is 19.2. The molecule has 0 amide bonds. The number of halogens is 6. The maximum absolute atomic E-state index is 13.6. The molecule has 0 aliphatic carbocycles. The molecule has 0 fully saturated rings. The minimum Gasteiger partial charge on any atom is -0.206 e. The summed E-state index contributed by atoms with van der Waals surface area (Å²) in [5.74, 6) is -12.4. The first-order valence-electron chi connectivity index (χ1n) is 5.10. The molecule has 0 aliphatic rings. The van der Waals surface area contributed by atoms with Gasteiger partial charge in [-0.05, 0) is 12.1 Å². The zero-order valence-corrected chi connectivity index (χ0v) is 9.45. The van der Waals surface area contributed by atoms with Crippen molar-refractivity contribution >= 4 is 0 Å². The summed E-state index contributed by atoms with van der Waals surface area (Å²) in [6, 6.07) is 4.24. The van der Waals surface area contributed by atoms with Crippen molar-refractivity contribution in [2.24, 2.45) is 0 Å². The summed E-state index contributed by atoms with van der Waals surface area (Å²) in [5.41, 5.74) is -2.98. The topological polar surface area (TPSA) is 23.8 Å². The van der Waals surface area contributed by atoms with Crippen LogP contribution in [-0.4, -0.2) is 0 Å². The molecule has 0 aromatic heterocycles. The molecule has 0 atom stereocenters. The number of rotatable bonds is 1. The van der Waals surface area contributed by atoms with Crippen molar-refractivity contribution in [3.8, 4) is 17.2 Å². The smallest absolute Gasteiger partial charge is 0.200 e. The second-order valence-corrected chi connectivity index (χ2v) is 3.72. The Hall–Kier alpha value is -2.49. The number of benzene rings is 2. The van der Waals surface area contributed by atoms with E-state index in [1.807, 2.05) is 0 Å². The second kappa shape index (κ2) is 4.89. The van der Waals surface area contributed by atoms with Crippen molar-refractivity contribution < 1.29 is 26.3 Å². The lowest BCUT2D eigenvalue weighted by atomic mass is 9.98. The Labute approximate surface area is 108 Å². The fourth-order valence-corrected chi connectivity index (χ4v) is 1.70. The first-order valence-corrected chi connectivity index (χ1v) is 5.10. The Kier molecular flexibility index (Phi) is 3.40. The fourth-order valence-electron chi connectivity index (χ4n) is 1.70. The van der Waals surface area contributed by atoms with Crippen LogP contribution < -0.4 is 0 Å². The molecule has 2 aromatic rings. The highest BCUT2D eigenvalue weighted by Gasteiger charge is 2.29. The molecule has 102 valence electrons. The van der Waals surface area contributed by atoms with Gasteiger partial charge in [0.05, 0.1) is 17.2 Å². The third-order valence-corrected chi connectivity index (χ3v) is 2.59. The van der Waals surface area contributed by atoms with Crippen molar-refractivity contribution in [1.82, 2.24) is 0 Å². The van der Waals surface area contributed by atoms with Gasteiger partial charge in [0.1, 0.15) is 5.82 Å². The third-order valence-electron chi connectivity index (χ3n) is 2.59. The van der Waals surface area contributed by atoms with Gasteiger partial charge >= 0.3 is 0 Å². The van der Waals surface area contributed by atoms with Crippen LogP contribution in [0.5, 0.6) is 0 Å². The first-order chi connectivity index (χ1) is 9.40. The summed E-state index contributed by atoms with van der Waals surface area (Å²) < 4.78 is 79.9. The molecule has 0 bridgehead atoms. The van der Waals surface area contributed by atoms with Crippen LogP contribution in [0, 0.1) is 46.2 Å². The van der Waals surface area contributed by atoms with E-state index in [-0.39, 0.29) is 0 Å². The van der Waals surface area contributed by atoms with E-state index >= 15 is 0 Å². The number of nitriles is 1. The molecule has 0 aliphatic heterocycles. The van der Waals surface area contributed by atoms with Gasteiger partial charge in [-0.25, -0.2) is 26.3 Å². The molecule has 0 heterocycles. The minimum absolute atomic E-state index is 0.548. The Morgan fingerprint density at radius 1 is 0.700 bits per heavy atom. The summed E-state index contributed by atoms with van der Waals surface area (Å²) in [7, 11) is 0. The standard InChI is InChI=1S/C13H3F6N/c14-6-3-1-2-5(4-20)7(6)8-9(15)11(17)13(19)12(18)10(8)16/h1-3H. The number of nitrogens with zero attached hydrogens (tertiary/aromatic N) is 1. The van der Waals surface area contributed by atoms with Crippen LogP contribution in [0.1, 0.15) is 5.56 Å². The van der Waals surface area contributed by atoms with Gasteiger partial charge in [-0.2, -0.15) is 5.26 Å². The molecule has 2 rings (SSSR count). The van der Waals surface area contributed by atoms with E-state index < -0.39 is 51.6 Å². The Balaban J connectivity index is 2.96. The maximum Gasteiger partial charge on any atom is 0.200 e. The normalized spacial score (nSPS) is 10.4. The Morgan fingerprint density at radius 2 is 1.20 bits per heavy atom. The van der Waals surface area contributed by atoms with E-state index in [4.69, 9.17) is 5.26 Å². The Morgan fingerprint density at radius 3 is 1.70 bits per heavy atom. The Bertz CT molecular complexity index is 718. The van der Waals surface area contributed by atoms with E-state index in [0.29, 0.717) is 0 Å². The highest BCUT2D eigenvalue weighted by molar-refractivity contribution is 5.72. The van der Waals surface area contributed by atoms with Gasteiger partial charge in [0.15, 0.2) is 23.3 Å². The zero-order chi connectivity index (χ0) is 15.0. The van der Waals surface area contributed by atoms with Gasteiger partial charge in [0.2, 0.25) is 5.82 Å². The minimum atomic E-state index is -2.35. The fraction of sp³-hybridized carbons (Fsp3) is 0. The summed E-state index contributed by atoms with van der Waals surface area (Å²) >= 11 is 0. The average molecular weight is 287 g/mol. The van der Waals surface area contributed by atoms with Gasteiger partial charge in [-0.15, -0.1) is 0 Å². The molecule has 2 aromatic carbocycles. The molecule has 0 N–H and O–H groups in total. The molecular formula is C13H3F6N. The predicted molar refractivity (Wildman–Crippen MR) is 56.3 cm³/mol. The molecule has 20 heavy (non-hydrogen) atoms. The first kappa shape index (κ1) is 13.9. The van der Waals surface area contributed by atoms with Crippen LogP contribution >= 0.6 is 0 Å². The number of hydrogen-bond donors (Lipinski definition) is 0. The van der Waals surface area contributed by atoms with Crippen molar-refractivity contribution in [3.63, 3.8) is 0 Å². The lowest BCUT2D eigenvalue weighted by Gasteiger charge is -2.10. The quantitative estimate of drug-likeness (QED) is 0.441. The third kappa shape index (κ3) is 1.90. The lowest BCUT2D eigenvalue weighted by Crippen LogP contribution is -2.06. The van der Waals surface area contributed by atoms with Gasteiger partial charge in [0.25, 0.3) is 0 Å². The summed E-state index contributed by atoms with van der Waals surface area (Å²) in [4.78, 5) is 0. The zero-order valence-electron chi connectivity index (χ0n) is 9.45. The SMILES string of the molecule is N#Cc1cccc(F)c1-c1c(F)c(F)c(F)c(F)c1F. The second-order valence-electron chi connectivity index (χ2n) is 3.72. The monoisotopic (exact) mass is 287 g/mol. The molecular weight excluding hydrogens is 284 g/mol. The van der Waals surface area contributed by atoms with E-state index in [1.54, 1.807) is 0 Å². The van der Waals surface area contributed by atoms with Crippen LogP contribution in [0.3, 0.4) is 0 Å². The van der Waals surface area contributed by atoms with Crippen LogP contribution in [0.2, 0.25) is 0 Å². The van der Waals surface area contributed by atoms with Crippen LogP contribution in [-0.2, 0) is 0 Å². The molecule has 0 spiro atoms. The van der Waals surface area contributed by atoms with Gasteiger partial charge in [-0.3, -0.25) is 0 Å². The van der Waals surface area contributed by atoms with Crippen molar-refractivity contribution in [2.75, 3.05) is 0 Å². The van der Waals surface area contributed by atoms with Crippen molar-refractivity contribution in [1.29, 1.82) is 5.26 Å². The van der Waals surface area contributed by atoms with Gasteiger partial charge in [-0.1, -0.05) is 6.07 Å². The molecule has 0 unspecified atom stereocenters. The summed E-state index contributed by atoms with van der Waals surface area (Å²) in [6.07, 6.45) is 0. The molecule has 0 radical (unpaired) electrons. The van der Waals surface area contributed by atoms with Gasteiger partial charge in [0, 0.05) is 5.56 Å². The molecule has 7 heteroatoms. The lowest BCUT2D eigenvalue weighted by molar-refractivity contribution is 0.381. The van der Waals surface area contributed by atoms with E-state index in [9.17, 15) is 26.3 Å². The largest absolute Gasteiger partial charge is 0.206 e. The number of hydrogen-bond acceptors (Lipinski definition) is 1. The molecule has 1 nitrogen and oxygen atoms in total. The molecule has 0 saturated carbocycles. The van der Waals surface area contributed by atoms with E-state index in [2.05, 4.69) is 0 Å². The van der Waals surface area contributed by atoms with E-state index in [0.717, 1.165) is 18.2 Å². The van der Waals surface area contributed by atoms with Gasteiger partial charge < -0.3 is 0 Å². The maximum atomic E-state index is 13.6. The van der Waals surface area contributed by atoms with E-state index in [1.165, 1.54) is 6.07 Å². The van der Waals surface area contributed by atoms with Crippen LogP contribution in [0.25, 0.3) is 11.1 Å². The summed E-state index contributed by atoms with van der Waals surface area (Å²) in [6.45, 7) is 0.